The van der Waals surface area contributed by atoms with E-state index < -0.39 is 17.9 Å². The first kappa shape index (κ1) is 18.4. The number of ether oxygens (including phenoxy) is 2. The number of nitrogens with zero attached hydrogens (tertiary/aromatic N) is 1. The Morgan fingerprint density at radius 1 is 1.07 bits per heavy atom. The molecule has 1 aromatic carbocycles. The van der Waals surface area contributed by atoms with Gasteiger partial charge in [-0.3, -0.25) is 9.59 Å². The molecule has 1 aliphatic carbocycles. The van der Waals surface area contributed by atoms with Crippen LogP contribution in [0, 0.1) is 0 Å². The minimum absolute atomic E-state index is 0.125. The number of hydrogen-bond acceptors (Lipinski definition) is 4. The summed E-state index contributed by atoms with van der Waals surface area (Å²) in [5.74, 6) is -1.01. The third-order valence-electron chi connectivity index (χ3n) is 5.75. The van der Waals surface area contributed by atoms with Gasteiger partial charge in [0, 0.05) is 11.6 Å². The lowest BCUT2D eigenvalue weighted by atomic mass is 9.95. The zero-order valence-corrected chi connectivity index (χ0v) is 16.0. The third kappa shape index (κ3) is 3.73. The zero-order valence-electron chi connectivity index (χ0n) is 16.0. The molecule has 0 bridgehead atoms. The summed E-state index contributed by atoms with van der Waals surface area (Å²) in [7, 11) is 0. The zero-order chi connectivity index (χ0) is 19.0. The molecule has 2 heterocycles. The molecule has 3 fully saturated rings. The quantitative estimate of drug-likeness (QED) is 0.885. The largest absolute Gasteiger partial charge is 0.351 e. The lowest BCUT2D eigenvalue weighted by Gasteiger charge is -2.31. The van der Waals surface area contributed by atoms with Crippen LogP contribution in [-0.2, 0) is 14.3 Å². The van der Waals surface area contributed by atoms with Crippen LogP contribution >= 0.6 is 0 Å². The highest BCUT2D eigenvalue weighted by atomic mass is 16.8. The van der Waals surface area contributed by atoms with Crippen molar-refractivity contribution in [3.05, 3.63) is 35.9 Å². The van der Waals surface area contributed by atoms with Gasteiger partial charge in [0.05, 0.1) is 6.54 Å². The smallest absolute Gasteiger partial charge is 0.254 e. The van der Waals surface area contributed by atoms with Gasteiger partial charge in [-0.15, -0.1) is 0 Å². The Bertz CT molecular complexity index is 699. The number of likely N-dealkylation sites (tertiary alicyclic amines) is 1. The van der Waals surface area contributed by atoms with Crippen molar-refractivity contribution in [2.24, 2.45) is 0 Å². The summed E-state index contributed by atoms with van der Waals surface area (Å²) in [4.78, 5) is 27.9. The van der Waals surface area contributed by atoms with Crippen LogP contribution in [0.3, 0.4) is 0 Å². The first-order valence-electron chi connectivity index (χ1n) is 9.97. The Morgan fingerprint density at radius 3 is 2.48 bits per heavy atom. The van der Waals surface area contributed by atoms with Crippen molar-refractivity contribution < 1.29 is 19.1 Å². The Kier molecular flexibility index (Phi) is 4.95. The van der Waals surface area contributed by atoms with Crippen LogP contribution in [0.25, 0.3) is 0 Å². The molecule has 6 nitrogen and oxygen atoms in total. The highest BCUT2D eigenvalue weighted by Crippen LogP contribution is 2.37. The standard InChI is InChI=1S/C21H28N2O4/c1-21(2)26-16-13-23(20(25)14-9-5-3-6-10-14)17(18(16)27-21)19(24)22-15-11-7-4-8-12-15/h3,5-6,9-10,15-18H,4,7-8,11-13H2,1-2H3,(H,22,24)/t16-,17-,18-/m0/s1. The van der Waals surface area contributed by atoms with Gasteiger partial charge in [0.15, 0.2) is 5.79 Å². The molecule has 2 amide bonds. The molecule has 2 saturated heterocycles. The highest BCUT2D eigenvalue weighted by molar-refractivity contribution is 5.98. The average Bonchev–Trinajstić information content (AvgIpc) is 3.14. The van der Waals surface area contributed by atoms with E-state index in [4.69, 9.17) is 9.47 Å². The van der Waals surface area contributed by atoms with E-state index in [0.29, 0.717) is 12.1 Å². The first-order chi connectivity index (χ1) is 12.9. The normalized spacial score (nSPS) is 30.1. The molecule has 1 aromatic rings. The summed E-state index contributed by atoms with van der Waals surface area (Å²) in [6, 6.07) is 8.61. The Morgan fingerprint density at radius 2 is 1.78 bits per heavy atom. The van der Waals surface area contributed by atoms with E-state index in [1.54, 1.807) is 17.0 Å². The molecule has 146 valence electrons. The maximum absolute atomic E-state index is 13.2. The van der Waals surface area contributed by atoms with Crippen molar-refractivity contribution in [1.82, 2.24) is 10.2 Å². The van der Waals surface area contributed by atoms with Crippen molar-refractivity contribution in [3.8, 4) is 0 Å². The van der Waals surface area contributed by atoms with Gasteiger partial charge in [-0.25, -0.2) is 0 Å². The van der Waals surface area contributed by atoms with Gasteiger partial charge in [0.1, 0.15) is 18.2 Å². The average molecular weight is 372 g/mol. The summed E-state index contributed by atoms with van der Waals surface area (Å²) in [5.41, 5.74) is 0.576. The first-order valence-corrected chi connectivity index (χ1v) is 9.97. The second-order valence-electron chi connectivity index (χ2n) is 8.25. The van der Waals surface area contributed by atoms with Crippen molar-refractivity contribution in [2.45, 2.75) is 76.0 Å². The predicted molar refractivity (Wildman–Crippen MR) is 100 cm³/mol. The molecule has 1 N–H and O–H groups in total. The number of amides is 2. The molecule has 0 unspecified atom stereocenters. The van der Waals surface area contributed by atoms with Gasteiger partial charge in [-0.1, -0.05) is 37.5 Å². The highest BCUT2D eigenvalue weighted by Gasteiger charge is 2.56. The molecule has 3 aliphatic rings. The third-order valence-corrected chi connectivity index (χ3v) is 5.75. The monoisotopic (exact) mass is 372 g/mol. The van der Waals surface area contributed by atoms with Crippen LogP contribution in [0.2, 0.25) is 0 Å². The van der Waals surface area contributed by atoms with E-state index in [1.165, 1.54) is 6.42 Å². The van der Waals surface area contributed by atoms with Gasteiger partial charge in [-0.05, 0) is 38.8 Å². The second kappa shape index (κ2) is 7.24. The lowest BCUT2D eigenvalue weighted by Crippen LogP contribution is -2.53. The molecule has 2 aliphatic heterocycles. The Hall–Kier alpha value is -1.92. The molecule has 0 aromatic heterocycles. The summed E-state index contributed by atoms with van der Waals surface area (Å²) in [6.07, 6.45) is 4.79. The van der Waals surface area contributed by atoms with E-state index >= 15 is 0 Å². The van der Waals surface area contributed by atoms with Crippen LogP contribution in [0.5, 0.6) is 0 Å². The number of fused-ring (bicyclic) bond motifs is 1. The number of nitrogens with one attached hydrogen (secondary N) is 1. The van der Waals surface area contributed by atoms with E-state index in [-0.39, 0.29) is 24.0 Å². The number of carbonyl (C=O) groups is 2. The summed E-state index contributed by atoms with van der Waals surface area (Å²) >= 11 is 0. The van der Waals surface area contributed by atoms with Crippen molar-refractivity contribution >= 4 is 11.8 Å². The lowest BCUT2D eigenvalue weighted by molar-refractivity contribution is -0.162. The van der Waals surface area contributed by atoms with Crippen molar-refractivity contribution in [2.75, 3.05) is 6.54 Å². The van der Waals surface area contributed by atoms with E-state index in [2.05, 4.69) is 5.32 Å². The van der Waals surface area contributed by atoms with Gasteiger partial charge in [0.25, 0.3) is 5.91 Å². The number of rotatable bonds is 3. The van der Waals surface area contributed by atoms with Crippen LogP contribution in [0.1, 0.15) is 56.3 Å². The number of hydrogen-bond donors (Lipinski definition) is 1. The SMILES string of the molecule is CC1(C)O[C@H]2[C@H](CN(C(=O)c3ccccc3)[C@@H]2C(=O)NC2CCCCC2)O1. The second-order valence-corrected chi connectivity index (χ2v) is 8.25. The molecular formula is C21H28N2O4. The molecule has 3 atom stereocenters. The molecule has 1 saturated carbocycles. The summed E-state index contributed by atoms with van der Waals surface area (Å²) < 4.78 is 12.0. The predicted octanol–water partition coefficient (Wildman–Crippen LogP) is 2.48. The maximum Gasteiger partial charge on any atom is 0.254 e. The van der Waals surface area contributed by atoms with E-state index in [9.17, 15) is 9.59 Å². The summed E-state index contributed by atoms with van der Waals surface area (Å²) in [6.45, 7) is 4.07. The number of carbonyl (C=O) groups excluding carboxylic acids is 2. The van der Waals surface area contributed by atoms with E-state index in [1.807, 2.05) is 32.0 Å². The van der Waals surface area contributed by atoms with Crippen LogP contribution in [-0.4, -0.2) is 53.3 Å². The molecule has 0 spiro atoms. The van der Waals surface area contributed by atoms with Crippen LogP contribution in [0.4, 0.5) is 0 Å². The summed E-state index contributed by atoms with van der Waals surface area (Å²) in [5, 5.41) is 3.17. The Labute approximate surface area is 160 Å². The maximum atomic E-state index is 13.2. The fourth-order valence-corrected chi connectivity index (χ4v) is 4.54. The Balaban J connectivity index is 1.56. The van der Waals surface area contributed by atoms with Crippen molar-refractivity contribution in [1.29, 1.82) is 0 Å². The van der Waals surface area contributed by atoms with Gasteiger partial charge in [-0.2, -0.15) is 0 Å². The van der Waals surface area contributed by atoms with Gasteiger partial charge in [0.2, 0.25) is 5.91 Å². The topological polar surface area (TPSA) is 67.9 Å². The molecular weight excluding hydrogens is 344 g/mol. The van der Waals surface area contributed by atoms with Crippen LogP contribution < -0.4 is 5.32 Å². The fourth-order valence-electron chi connectivity index (χ4n) is 4.54. The van der Waals surface area contributed by atoms with Crippen molar-refractivity contribution in [3.63, 3.8) is 0 Å². The van der Waals surface area contributed by atoms with Crippen LogP contribution in [0.15, 0.2) is 30.3 Å². The molecule has 0 radical (unpaired) electrons. The molecule has 4 rings (SSSR count). The minimum Gasteiger partial charge on any atom is -0.351 e. The number of benzene rings is 1. The van der Waals surface area contributed by atoms with Gasteiger partial charge >= 0.3 is 0 Å². The van der Waals surface area contributed by atoms with E-state index in [0.717, 1.165) is 25.7 Å². The minimum atomic E-state index is -0.736. The molecule has 27 heavy (non-hydrogen) atoms. The molecule has 6 heteroatoms. The van der Waals surface area contributed by atoms with Gasteiger partial charge < -0.3 is 19.7 Å². The fraction of sp³-hybridized carbons (Fsp3) is 0.619.